The first-order valence-corrected chi connectivity index (χ1v) is 29.6. The van der Waals surface area contributed by atoms with Gasteiger partial charge in [0.25, 0.3) is 0 Å². The minimum Gasteiger partial charge on any atom is -0.485 e. The molecule has 5 N–H and O–H groups in total. The third kappa shape index (κ3) is 27.5. The first-order chi connectivity index (χ1) is 63.8. The summed E-state index contributed by atoms with van der Waals surface area (Å²) < 4.78 is 370. The number of benzene rings is 10. The van der Waals surface area contributed by atoms with Gasteiger partial charge in [-0.3, -0.25) is 0 Å². The SMILES string of the molecule is [2H]c1c([2H])c([2H])c(OC(CC([2H])([2H])NC([2H])([2H])[2H])c2ccccc2)c(C)c1[2H].[2H]c1c([2H])c([2H])c(OC(CCNC([2H])([2H])[2H])c2ccccc2)c(C)c1[2H].[2H]c1c([2H])c([2H])c(OC([2H])(CCNC([2H])([2H])[2H])c2ccccc2)c(C)c1[2H].[2H]c1c([2H])c([2H])c(OC(c2ccccc2)C([2H])([2H])C([2H])([2H])NC([2H])([2H])[2H])c(C)c1[2H].[2H]c1c([2H])c([2H])c(OC(c2ccccc2)C([2H])([2H])CNC([2H])([2H])[2H])c(C)c1[2H]. The molecule has 0 radical (unpaired) electrons. The van der Waals surface area contributed by atoms with Crippen LogP contribution in [0.3, 0.4) is 0 Å². The van der Waals surface area contributed by atoms with Crippen LogP contribution in [0.2, 0.25) is 0 Å². The fourth-order valence-corrected chi connectivity index (χ4v) is 8.20. The number of para-hydroxylation sites is 5. The highest BCUT2D eigenvalue weighted by molar-refractivity contribution is 5.37. The van der Waals surface area contributed by atoms with Crippen molar-refractivity contribution >= 4 is 0 Å². The van der Waals surface area contributed by atoms with E-state index in [9.17, 15) is 0 Å². The lowest BCUT2D eigenvalue weighted by atomic mass is 10.1. The molecule has 0 aliphatic rings. The van der Waals surface area contributed by atoms with Crippen molar-refractivity contribution in [3.63, 3.8) is 0 Å². The van der Waals surface area contributed by atoms with Crippen LogP contribution in [0.25, 0.3) is 0 Å². The first-order valence-electron chi connectivity index (χ1n) is 51.6. The van der Waals surface area contributed by atoms with Crippen molar-refractivity contribution in [3.05, 3.63) is 328 Å². The van der Waals surface area contributed by atoms with Crippen LogP contribution in [0.15, 0.2) is 273 Å². The largest absolute Gasteiger partial charge is 0.485 e. The van der Waals surface area contributed by atoms with Gasteiger partial charge in [0.1, 0.15) is 59.2 Å². The summed E-state index contributed by atoms with van der Waals surface area (Å²) in [5.74, 6) is -0.641. The highest BCUT2D eigenvalue weighted by Crippen LogP contribution is 2.32. The molecule has 500 valence electrons. The molecule has 0 fully saturated rings. The molecular formula is C85H105N5O5. The van der Waals surface area contributed by atoms with Crippen LogP contribution in [0.5, 0.6) is 28.7 Å². The summed E-state index contributed by atoms with van der Waals surface area (Å²) in [6.07, 6.45) is -11.6. The Bertz CT molecular complexity index is 5640. The van der Waals surface area contributed by atoms with Crippen molar-refractivity contribution in [2.75, 3.05) is 67.5 Å². The Morgan fingerprint density at radius 1 is 0.305 bits per heavy atom. The molecule has 95 heavy (non-hydrogen) atoms. The molecule has 5 unspecified atom stereocenters. The molecule has 0 amide bonds. The lowest BCUT2D eigenvalue weighted by Crippen LogP contribution is -2.16. The Morgan fingerprint density at radius 2 is 0.589 bits per heavy atom. The summed E-state index contributed by atoms with van der Waals surface area (Å²) in [7, 11) is 0. The van der Waals surface area contributed by atoms with Gasteiger partial charge < -0.3 is 50.3 Å². The average Bonchev–Trinajstić information content (AvgIpc) is 0.747. The lowest BCUT2D eigenvalue weighted by Gasteiger charge is -2.20. The number of rotatable bonds is 30. The zero-order valence-corrected chi connectivity index (χ0v) is 53.0. The molecule has 0 saturated carbocycles. The van der Waals surface area contributed by atoms with Gasteiger partial charge in [0.15, 0.2) is 0 Å². The van der Waals surface area contributed by atoms with Gasteiger partial charge in [-0.1, -0.05) is 242 Å². The molecule has 0 saturated heterocycles. The molecule has 0 bridgehead atoms. The van der Waals surface area contributed by atoms with Crippen LogP contribution in [-0.2, 0) is 0 Å². The standard InChI is InChI=1S/5C17H21NO/c5*1-14-8-6-7-11-16(14)19-17(12-13-18-2)15-9-4-3-5-10-15/h5*3-11,17-18H,12-13H2,1-2H3/i2D3,6D,7D,8D,11D,12D2,13D2;2D3,6D,7D,8D,11D,17D;2D3,6D,7D,8D,11D,13D2;2D3,6D,7D,8D,11D,12D2;2D3,6D,7D,8D,11D. The predicted molar refractivity (Wildman–Crippen MR) is 398 cm³/mol. The lowest BCUT2D eigenvalue weighted by molar-refractivity contribution is 0.193. The highest BCUT2D eigenvalue weighted by atomic mass is 16.5. The van der Waals surface area contributed by atoms with E-state index >= 15 is 0 Å². The van der Waals surface area contributed by atoms with Gasteiger partial charge in [0, 0.05) is 63.5 Å². The van der Waals surface area contributed by atoms with Gasteiger partial charge in [-0.25, -0.2) is 0 Å². The molecule has 10 aromatic carbocycles. The maximum absolute atomic E-state index is 8.80. The van der Waals surface area contributed by atoms with E-state index in [-0.39, 0.29) is 149 Å². The summed E-state index contributed by atoms with van der Waals surface area (Å²) in [6.45, 7) is -11.3. The molecule has 10 rings (SSSR count). The fraction of sp³-hybridized carbons (Fsp3) is 0.294. The minimum atomic E-state index is -3.09. The van der Waals surface area contributed by atoms with Crippen LogP contribution >= 0.6 is 0 Å². The summed E-state index contributed by atoms with van der Waals surface area (Å²) in [4.78, 5) is 0. The quantitative estimate of drug-likeness (QED) is 0.0299. The molecule has 0 aromatic heterocycles. The van der Waals surface area contributed by atoms with E-state index in [1.165, 1.54) is 39.8 Å². The molecule has 10 aromatic rings. The Hall–Kier alpha value is -9.00. The van der Waals surface area contributed by atoms with E-state index in [2.05, 4.69) is 16.0 Å². The van der Waals surface area contributed by atoms with Crippen LogP contribution in [0.4, 0.5) is 0 Å². The molecule has 0 heterocycles. The van der Waals surface area contributed by atoms with E-state index in [0.29, 0.717) is 28.7 Å². The van der Waals surface area contributed by atoms with Crippen LogP contribution < -0.4 is 50.3 Å². The van der Waals surface area contributed by atoms with Crippen molar-refractivity contribution in [1.82, 2.24) is 26.6 Å². The summed E-state index contributed by atoms with van der Waals surface area (Å²) in [5, 5.41) is 10.5. The van der Waals surface area contributed by atoms with Crippen molar-refractivity contribution in [3.8, 4) is 28.7 Å². The Balaban J connectivity index is 0.000000267. The van der Waals surface area contributed by atoms with E-state index in [1.54, 1.807) is 121 Å². The molecule has 10 nitrogen and oxygen atoms in total. The van der Waals surface area contributed by atoms with Crippen LogP contribution in [-0.4, -0.2) is 67.5 Å². The topological polar surface area (TPSA) is 106 Å². The molecule has 5 atom stereocenters. The third-order valence-corrected chi connectivity index (χ3v) is 13.0. The molecule has 0 aliphatic heterocycles. The summed E-state index contributed by atoms with van der Waals surface area (Å²) >= 11 is 0. The maximum atomic E-state index is 8.80. The van der Waals surface area contributed by atoms with Crippen molar-refractivity contribution in [1.29, 1.82) is 0 Å². The monoisotopic (exact) mass is 1320 g/mol. The van der Waals surface area contributed by atoms with Crippen molar-refractivity contribution in [2.45, 2.75) is 97.1 Å². The summed E-state index contributed by atoms with van der Waals surface area (Å²) in [5.41, 5.74) is 3.22. The van der Waals surface area contributed by atoms with E-state index in [0.717, 1.165) is 5.56 Å². The zero-order chi connectivity index (χ0) is 106. The minimum absolute atomic E-state index is 0.0158. The van der Waals surface area contributed by atoms with Crippen LogP contribution in [0, 0.1) is 34.6 Å². The van der Waals surface area contributed by atoms with E-state index in [1.807, 2.05) is 35.6 Å². The number of hydrogen-bond donors (Lipinski definition) is 5. The zero-order valence-electron chi connectivity index (χ0n) is 97.0. The smallest absolute Gasteiger partial charge is 0.125 e. The second kappa shape index (κ2) is 44.6. The molecular weight excluding hydrogens is 1170 g/mol. The van der Waals surface area contributed by atoms with E-state index in [4.69, 9.17) is 84.0 Å². The fourth-order valence-electron chi connectivity index (χ4n) is 8.20. The van der Waals surface area contributed by atoms with Crippen molar-refractivity contribution < 1.29 is 84.0 Å². The molecule has 0 spiro atoms. The molecule has 10 heteroatoms. The van der Waals surface area contributed by atoms with Gasteiger partial charge in [-0.05, 0) is 188 Å². The Labute approximate surface area is 631 Å². The highest BCUT2D eigenvalue weighted by Gasteiger charge is 2.18. The normalized spacial score (nSPS) is 20.4. The van der Waals surface area contributed by atoms with E-state index < -0.39 is 152 Å². The second-order valence-corrected chi connectivity index (χ2v) is 19.9. The number of ether oxygens (including phenoxy) is 5. The van der Waals surface area contributed by atoms with Gasteiger partial charge in [0.05, 0.1) is 28.8 Å². The van der Waals surface area contributed by atoms with Crippen molar-refractivity contribution in [2.24, 2.45) is 0 Å². The Kier molecular flexibility index (Phi) is 16.0. The Morgan fingerprint density at radius 3 is 0.968 bits per heavy atom. The van der Waals surface area contributed by atoms with Crippen LogP contribution in [0.1, 0.15) is 178 Å². The number of hydrogen-bond acceptors (Lipinski definition) is 10. The average molecular weight is 1320 g/mol. The van der Waals surface area contributed by atoms with Gasteiger partial charge in [0.2, 0.25) is 0 Å². The maximum Gasteiger partial charge on any atom is 0.125 e. The first kappa shape index (κ1) is 34.1. The van der Waals surface area contributed by atoms with Gasteiger partial charge >= 0.3 is 0 Å². The summed E-state index contributed by atoms with van der Waals surface area (Å²) in [6, 6.07) is 34.7. The third-order valence-electron chi connectivity index (χ3n) is 13.0. The number of nitrogens with one attached hydrogen (secondary N) is 5. The second-order valence-electron chi connectivity index (χ2n) is 19.9. The predicted octanol–water partition coefficient (Wildman–Crippen LogP) is 18.6. The van der Waals surface area contributed by atoms with Gasteiger partial charge in [-0.2, -0.15) is 0 Å². The molecule has 0 aliphatic carbocycles. The van der Waals surface area contributed by atoms with Gasteiger partial charge in [-0.15, -0.1) is 0 Å².